The van der Waals surface area contributed by atoms with Crippen LogP contribution in [-0.2, 0) is 19.6 Å². The fourth-order valence-electron chi connectivity index (χ4n) is 2.90. The lowest BCUT2D eigenvalue weighted by molar-refractivity contribution is -0.131. The standard InChI is InChI=1S/C15H18F3N3O3/c16-15(17,18)7-13-19-20-14(24-13)12-3-1-2-6-21(12)8-10-4-5-11(9-22)23-10/h4-5,12,22H,1-3,6-9H2/t12-/m1/s1. The molecule has 1 atom stereocenters. The van der Waals surface area contributed by atoms with Crippen molar-refractivity contribution in [2.24, 2.45) is 0 Å². The average Bonchev–Trinajstić information content (AvgIpc) is 3.15. The summed E-state index contributed by atoms with van der Waals surface area (Å²) in [6.07, 6.45) is -2.93. The van der Waals surface area contributed by atoms with Gasteiger partial charge in [-0.1, -0.05) is 6.42 Å². The largest absolute Gasteiger partial charge is 0.462 e. The van der Waals surface area contributed by atoms with Gasteiger partial charge < -0.3 is 13.9 Å². The van der Waals surface area contributed by atoms with Crippen molar-refractivity contribution in [1.29, 1.82) is 0 Å². The molecule has 132 valence electrons. The van der Waals surface area contributed by atoms with E-state index < -0.39 is 18.5 Å². The minimum Gasteiger partial charge on any atom is -0.462 e. The number of aliphatic hydroxyl groups is 1. The number of piperidine rings is 1. The molecule has 1 fully saturated rings. The van der Waals surface area contributed by atoms with E-state index in [9.17, 15) is 13.2 Å². The van der Waals surface area contributed by atoms with Crippen molar-refractivity contribution < 1.29 is 27.1 Å². The molecule has 0 unspecified atom stereocenters. The molecule has 1 saturated heterocycles. The summed E-state index contributed by atoms with van der Waals surface area (Å²) in [5.74, 6) is 0.955. The summed E-state index contributed by atoms with van der Waals surface area (Å²) in [5, 5.41) is 16.4. The van der Waals surface area contributed by atoms with Gasteiger partial charge in [-0.3, -0.25) is 4.90 Å². The molecule has 0 radical (unpaired) electrons. The van der Waals surface area contributed by atoms with E-state index in [1.54, 1.807) is 12.1 Å². The van der Waals surface area contributed by atoms with Crippen molar-refractivity contribution in [3.63, 3.8) is 0 Å². The Balaban J connectivity index is 1.72. The van der Waals surface area contributed by atoms with Gasteiger partial charge in [0.2, 0.25) is 11.8 Å². The van der Waals surface area contributed by atoms with Gasteiger partial charge >= 0.3 is 6.18 Å². The molecule has 2 aromatic rings. The first-order chi connectivity index (χ1) is 11.4. The Morgan fingerprint density at radius 3 is 2.67 bits per heavy atom. The average molecular weight is 345 g/mol. The van der Waals surface area contributed by atoms with Crippen molar-refractivity contribution in [3.05, 3.63) is 35.4 Å². The summed E-state index contributed by atoms with van der Waals surface area (Å²) >= 11 is 0. The lowest BCUT2D eigenvalue weighted by Gasteiger charge is -2.32. The number of hydrogen-bond donors (Lipinski definition) is 1. The molecule has 3 rings (SSSR count). The summed E-state index contributed by atoms with van der Waals surface area (Å²) in [7, 11) is 0. The third-order valence-corrected chi connectivity index (χ3v) is 3.96. The van der Waals surface area contributed by atoms with Crippen LogP contribution in [0.2, 0.25) is 0 Å². The molecule has 1 N–H and O–H groups in total. The summed E-state index contributed by atoms with van der Waals surface area (Å²) in [4.78, 5) is 2.05. The molecular formula is C15H18F3N3O3. The van der Waals surface area contributed by atoms with E-state index in [4.69, 9.17) is 13.9 Å². The zero-order valence-electron chi connectivity index (χ0n) is 12.9. The van der Waals surface area contributed by atoms with Gasteiger partial charge in [0.05, 0.1) is 12.6 Å². The van der Waals surface area contributed by atoms with Crippen LogP contribution in [-0.4, -0.2) is 32.9 Å². The first-order valence-electron chi connectivity index (χ1n) is 7.76. The highest BCUT2D eigenvalue weighted by molar-refractivity contribution is 5.07. The molecule has 3 heterocycles. The third kappa shape index (κ3) is 4.15. The second-order valence-corrected chi connectivity index (χ2v) is 5.83. The van der Waals surface area contributed by atoms with Gasteiger partial charge in [-0.2, -0.15) is 13.2 Å². The van der Waals surface area contributed by atoms with Gasteiger partial charge in [0.25, 0.3) is 0 Å². The van der Waals surface area contributed by atoms with E-state index in [1.165, 1.54) is 0 Å². The zero-order chi connectivity index (χ0) is 17.2. The Labute approximate surface area is 136 Å². The normalized spacial score (nSPS) is 19.8. The van der Waals surface area contributed by atoms with Crippen LogP contribution >= 0.6 is 0 Å². The molecular weight excluding hydrogens is 327 g/mol. The molecule has 0 amide bonds. The van der Waals surface area contributed by atoms with Crippen molar-refractivity contribution in [3.8, 4) is 0 Å². The number of alkyl halides is 3. The first kappa shape index (κ1) is 17.0. The van der Waals surface area contributed by atoms with Gasteiger partial charge in [-0.15, -0.1) is 10.2 Å². The van der Waals surface area contributed by atoms with Crippen LogP contribution in [0.25, 0.3) is 0 Å². The van der Waals surface area contributed by atoms with Gasteiger partial charge in [0, 0.05) is 0 Å². The number of hydrogen-bond acceptors (Lipinski definition) is 6. The lowest BCUT2D eigenvalue weighted by Crippen LogP contribution is -2.33. The van der Waals surface area contributed by atoms with E-state index in [-0.39, 0.29) is 18.5 Å². The number of rotatable bonds is 5. The maximum absolute atomic E-state index is 12.4. The maximum Gasteiger partial charge on any atom is 0.397 e. The number of aromatic nitrogens is 2. The second kappa shape index (κ2) is 6.94. The predicted octanol–water partition coefficient (Wildman–Crippen LogP) is 2.99. The van der Waals surface area contributed by atoms with Crippen molar-refractivity contribution in [1.82, 2.24) is 15.1 Å². The van der Waals surface area contributed by atoms with Crippen LogP contribution in [0.4, 0.5) is 13.2 Å². The van der Waals surface area contributed by atoms with Crippen LogP contribution < -0.4 is 0 Å². The SMILES string of the molecule is OCc1ccc(CN2CCCC[C@@H]2c2nnc(CC(F)(F)F)o2)o1. The Hall–Kier alpha value is -1.87. The lowest BCUT2D eigenvalue weighted by atomic mass is 10.0. The zero-order valence-corrected chi connectivity index (χ0v) is 12.9. The van der Waals surface area contributed by atoms with E-state index >= 15 is 0 Å². The van der Waals surface area contributed by atoms with Crippen molar-refractivity contribution in [2.45, 2.75) is 51.1 Å². The van der Waals surface area contributed by atoms with Crippen molar-refractivity contribution in [2.75, 3.05) is 6.54 Å². The number of halogens is 3. The number of aliphatic hydroxyl groups excluding tert-OH is 1. The van der Waals surface area contributed by atoms with Crippen molar-refractivity contribution >= 4 is 0 Å². The van der Waals surface area contributed by atoms with Crippen LogP contribution in [0, 0.1) is 0 Å². The topological polar surface area (TPSA) is 75.5 Å². The Kier molecular flexibility index (Phi) is 4.91. The third-order valence-electron chi connectivity index (χ3n) is 3.96. The van der Waals surface area contributed by atoms with Crippen LogP contribution in [0.5, 0.6) is 0 Å². The highest BCUT2D eigenvalue weighted by atomic mass is 19.4. The fraction of sp³-hybridized carbons (Fsp3) is 0.600. The molecule has 6 nitrogen and oxygen atoms in total. The number of nitrogens with zero attached hydrogens (tertiary/aromatic N) is 3. The molecule has 0 aliphatic carbocycles. The Morgan fingerprint density at radius 1 is 1.17 bits per heavy atom. The van der Waals surface area contributed by atoms with Gasteiger partial charge in [0.1, 0.15) is 24.5 Å². The summed E-state index contributed by atoms with van der Waals surface area (Å²) in [6.45, 7) is 1.06. The highest BCUT2D eigenvalue weighted by Gasteiger charge is 2.33. The van der Waals surface area contributed by atoms with Gasteiger partial charge in [-0.05, 0) is 31.5 Å². The molecule has 0 saturated carbocycles. The molecule has 0 bridgehead atoms. The second-order valence-electron chi connectivity index (χ2n) is 5.83. The maximum atomic E-state index is 12.4. The molecule has 1 aliphatic heterocycles. The summed E-state index contributed by atoms with van der Waals surface area (Å²) in [6, 6.07) is 3.25. The smallest absolute Gasteiger partial charge is 0.397 e. The minimum atomic E-state index is -4.37. The quantitative estimate of drug-likeness (QED) is 0.898. The highest BCUT2D eigenvalue weighted by Crippen LogP contribution is 2.32. The molecule has 2 aromatic heterocycles. The molecule has 0 spiro atoms. The predicted molar refractivity (Wildman–Crippen MR) is 75.7 cm³/mol. The van der Waals surface area contributed by atoms with Crippen LogP contribution in [0.1, 0.15) is 48.6 Å². The number of furan rings is 1. The molecule has 24 heavy (non-hydrogen) atoms. The minimum absolute atomic E-state index is 0.173. The van der Waals surface area contributed by atoms with Gasteiger partial charge in [-0.25, -0.2) is 0 Å². The van der Waals surface area contributed by atoms with E-state index in [0.29, 0.717) is 18.1 Å². The summed E-state index contributed by atoms with van der Waals surface area (Å²) < 4.78 is 48.0. The molecule has 0 aromatic carbocycles. The van der Waals surface area contributed by atoms with E-state index in [1.807, 2.05) is 4.90 Å². The van der Waals surface area contributed by atoms with Gasteiger partial charge in [0.15, 0.2) is 0 Å². The Bertz CT molecular complexity index is 668. The van der Waals surface area contributed by atoms with Crippen LogP contribution in [0.3, 0.4) is 0 Å². The van der Waals surface area contributed by atoms with E-state index in [0.717, 1.165) is 25.8 Å². The summed E-state index contributed by atoms with van der Waals surface area (Å²) in [5.41, 5.74) is 0. The first-order valence-corrected chi connectivity index (χ1v) is 7.76. The fourth-order valence-corrected chi connectivity index (χ4v) is 2.90. The van der Waals surface area contributed by atoms with Crippen LogP contribution in [0.15, 0.2) is 21.0 Å². The molecule has 9 heteroatoms. The van der Waals surface area contributed by atoms with E-state index in [2.05, 4.69) is 10.2 Å². The monoisotopic (exact) mass is 345 g/mol. The number of likely N-dealkylation sites (tertiary alicyclic amines) is 1. The Morgan fingerprint density at radius 2 is 1.96 bits per heavy atom. The molecule has 1 aliphatic rings.